The number of carbonyl (C=O) groups is 1. The Morgan fingerprint density at radius 2 is 2.19 bits per heavy atom. The van der Waals surface area contributed by atoms with E-state index in [1.54, 1.807) is 37.4 Å². The summed E-state index contributed by atoms with van der Waals surface area (Å²) in [5.41, 5.74) is 2.52. The topological polar surface area (TPSA) is 93.0 Å². The minimum atomic E-state index is -0.393. The molecule has 2 aromatic heterocycles. The SMILES string of the molecule is COc1ccc2oc(CNC(=O)c3cn[nH]c3-c3cccc(F)c3)nc2c1. The molecule has 4 rings (SSSR count). The minimum Gasteiger partial charge on any atom is -0.497 e. The molecule has 27 heavy (non-hydrogen) atoms. The number of halogens is 1. The second-order valence-electron chi connectivity index (χ2n) is 5.79. The van der Waals surface area contributed by atoms with E-state index in [1.807, 2.05) is 0 Å². The number of nitrogens with one attached hydrogen (secondary N) is 2. The summed E-state index contributed by atoms with van der Waals surface area (Å²) in [7, 11) is 1.57. The highest BCUT2D eigenvalue weighted by Gasteiger charge is 2.16. The number of fused-ring (bicyclic) bond motifs is 1. The second-order valence-corrected chi connectivity index (χ2v) is 5.79. The number of aromatic nitrogens is 3. The first kappa shape index (κ1) is 16.8. The average Bonchev–Trinajstić information content (AvgIpc) is 3.32. The lowest BCUT2D eigenvalue weighted by molar-refractivity contribution is 0.0948. The highest BCUT2D eigenvalue weighted by molar-refractivity contribution is 5.99. The Morgan fingerprint density at radius 3 is 3.00 bits per heavy atom. The van der Waals surface area contributed by atoms with Crippen molar-refractivity contribution in [2.24, 2.45) is 0 Å². The number of benzene rings is 2. The van der Waals surface area contributed by atoms with Crippen LogP contribution < -0.4 is 10.1 Å². The van der Waals surface area contributed by atoms with Gasteiger partial charge in [0, 0.05) is 11.6 Å². The maximum Gasteiger partial charge on any atom is 0.255 e. The number of nitrogens with zero attached hydrogens (tertiary/aromatic N) is 2. The van der Waals surface area contributed by atoms with Crippen LogP contribution in [0.4, 0.5) is 4.39 Å². The molecule has 0 fully saturated rings. The molecule has 0 spiro atoms. The Balaban J connectivity index is 1.51. The molecule has 7 nitrogen and oxygen atoms in total. The number of oxazole rings is 1. The minimum absolute atomic E-state index is 0.101. The number of aromatic amines is 1. The van der Waals surface area contributed by atoms with E-state index < -0.39 is 5.82 Å². The first-order valence-corrected chi connectivity index (χ1v) is 8.15. The van der Waals surface area contributed by atoms with Gasteiger partial charge in [0.15, 0.2) is 5.58 Å². The summed E-state index contributed by atoms with van der Waals surface area (Å²) in [4.78, 5) is 16.9. The summed E-state index contributed by atoms with van der Waals surface area (Å²) in [6, 6.07) is 11.2. The molecule has 0 radical (unpaired) electrons. The molecule has 0 atom stereocenters. The fourth-order valence-corrected chi connectivity index (χ4v) is 2.73. The third-order valence-electron chi connectivity index (χ3n) is 4.04. The maximum absolute atomic E-state index is 13.5. The zero-order valence-electron chi connectivity index (χ0n) is 14.3. The lowest BCUT2D eigenvalue weighted by atomic mass is 10.1. The summed E-state index contributed by atoms with van der Waals surface area (Å²) in [6.07, 6.45) is 1.40. The van der Waals surface area contributed by atoms with Crippen molar-refractivity contribution in [3.8, 4) is 17.0 Å². The Bertz CT molecular complexity index is 1120. The van der Waals surface area contributed by atoms with Gasteiger partial charge in [-0.15, -0.1) is 0 Å². The van der Waals surface area contributed by atoms with Gasteiger partial charge in [-0.05, 0) is 24.3 Å². The van der Waals surface area contributed by atoms with Crippen LogP contribution in [0.25, 0.3) is 22.4 Å². The third kappa shape index (κ3) is 3.37. The predicted molar refractivity (Wildman–Crippen MR) is 95.7 cm³/mol. The van der Waals surface area contributed by atoms with Gasteiger partial charge in [-0.1, -0.05) is 12.1 Å². The van der Waals surface area contributed by atoms with E-state index in [-0.39, 0.29) is 12.5 Å². The lowest BCUT2D eigenvalue weighted by Gasteiger charge is -2.04. The maximum atomic E-state index is 13.5. The van der Waals surface area contributed by atoms with Gasteiger partial charge in [0.05, 0.1) is 31.1 Å². The number of carbonyl (C=O) groups excluding carboxylic acids is 1. The molecule has 0 aliphatic rings. The number of rotatable bonds is 5. The fraction of sp³-hybridized carbons (Fsp3) is 0.105. The molecule has 0 saturated carbocycles. The van der Waals surface area contributed by atoms with Crippen molar-refractivity contribution in [2.75, 3.05) is 7.11 Å². The van der Waals surface area contributed by atoms with Crippen LogP contribution in [0.15, 0.2) is 53.1 Å². The summed E-state index contributed by atoms with van der Waals surface area (Å²) < 4.78 is 24.2. The molecular formula is C19H15FN4O3. The van der Waals surface area contributed by atoms with Crippen LogP contribution in [-0.4, -0.2) is 28.2 Å². The first-order valence-electron chi connectivity index (χ1n) is 8.15. The Morgan fingerprint density at radius 1 is 1.30 bits per heavy atom. The quantitative estimate of drug-likeness (QED) is 0.565. The fourth-order valence-electron chi connectivity index (χ4n) is 2.73. The van der Waals surface area contributed by atoms with Crippen LogP contribution >= 0.6 is 0 Å². The summed E-state index contributed by atoms with van der Waals surface area (Å²) in [5.74, 6) is 0.269. The van der Waals surface area contributed by atoms with Crippen LogP contribution in [0, 0.1) is 5.82 Å². The van der Waals surface area contributed by atoms with Gasteiger partial charge in [0.1, 0.15) is 17.1 Å². The van der Waals surface area contributed by atoms with E-state index in [9.17, 15) is 9.18 Å². The molecule has 2 N–H and O–H groups in total. The van der Waals surface area contributed by atoms with Crippen LogP contribution in [-0.2, 0) is 6.54 Å². The predicted octanol–water partition coefficient (Wildman–Crippen LogP) is 3.30. The number of amides is 1. The van der Waals surface area contributed by atoms with Gasteiger partial charge in [0.25, 0.3) is 5.91 Å². The average molecular weight is 366 g/mol. The van der Waals surface area contributed by atoms with Crippen molar-refractivity contribution in [2.45, 2.75) is 6.54 Å². The molecule has 2 aromatic carbocycles. The monoisotopic (exact) mass is 366 g/mol. The molecule has 0 aliphatic carbocycles. The van der Waals surface area contributed by atoms with Gasteiger partial charge in [-0.25, -0.2) is 9.37 Å². The van der Waals surface area contributed by atoms with Gasteiger partial charge in [-0.2, -0.15) is 5.10 Å². The molecule has 0 bridgehead atoms. The number of methoxy groups -OCH3 is 1. The smallest absolute Gasteiger partial charge is 0.255 e. The van der Waals surface area contributed by atoms with Crippen molar-refractivity contribution in [3.05, 3.63) is 65.9 Å². The highest BCUT2D eigenvalue weighted by Crippen LogP contribution is 2.23. The van der Waals surface area contributed by atoms with Crippen molar-refractivity contribution in [3.63, 3.8) is 0 Å². The van der Waals surface area contributed by atoms with Crippen LogP contribution in [0.1, 0.15) is 16.2 Å². The van der Waals surface area contributed by atoms with E-state index >= 15 is 0 Å². The van der Waals surface area contributed by atoms with E-state index in [0.29, 0.717) is 39.6 Å². The normalized spacial score (nSPS) is 10.9. The number of hydrogen-bond acceptors (Lipinski definition) is 5. The van der Waals surface area contributed by atoms with Crippen molar-refractivity contribution < 1.29 is 18.3 Å². The third-order valence-corrected chi connectivity index (χ3v) is 4.04. The Labute approximate surface area is 153 Å². The molecule has 0 saturated heterocycles. The summed E-state index contributed by atoms with van der Waals surface area (Å²) >= 11 is 0. The van der Waals surface area contributed by atoms with Gasteiger partial charge >= 0.3 is 0 Å². The largest absolute Gasteiger partial charge is 0.497 e. The first-order chi connectivity index (χ1) is 13.1. The van der Waals surface area contributed by atoms with E-state index in [2.05, 4.69) is 20.5 Å². The molecule has 2 heterocycles. The zero-order valence-corrected chi connectivity index (χ0v) is 14.3. The van der Waals surface area contributed by atoms with E-state index in [1.165, 1.54) is 18.3 Å². The molecule has 8 heteroatoms. The number of hydrogen-bond donors (Lipinski definition) is 2. The zero-order chi connectivity index (χ0) is 18.8. The van der Waals surface area contributed by atoms with Crippen LogP contribution in [0.5, 0.6) is 5.75 Å². The van der Waals surface area contributed by atoms with Gasteiger partial charge < -0.3 is 14.5 Å². The highest BCUT2D eigenvalue weighted by atomic mass is 19.1. The molecule has 4 aromatic rings. The molecule has 136 valence electrons. The van der Waals surface area contributed by atoms with E-state index in [0.717, 1.165) is 0 Å². The second kappa shape index (κ2) is 6.91. The molecule has 1 amide bonds. The van der Waals surface area contributed by atoms with Crippen LogP contribution in [0.3, 0.4) is 0 Å². The van der Waals surface area contributed by atoms with Crippen LogP contribution in [0.2, 0.25) is 0 Å². The molecule has 0 unspecified atom stereocenters. The van der Waals surface area contributed by atoms with Gasteiger partial charge in [0.2, 0.25) is 5.89 Å². The lowest BCUT2D eigenvalue weighted by Crippen LogP contribution is -2.23. The molecular weight excluding hydrogens is 351 g/mol. The summed E-state index contributed by atoms with van der Waals surface area (Å²) in [6.45, 7) is 0.101. The van der Waals surface area contributed by atoms with Crippen molar-refractivity contribution in [1.82, 2.24) is 20.5 Å². The van der Waals surface area contributed by atoms with Crippen molar-refractivity contribution >= 4 is 17.0 Å². The Kier molecular flexibility index (Phi) is 4.29. The van der Waals surface area contributed by atoms with Gasteiger partial charge in [-0.3, -0.25) is 9.89 Å². The number of H-pyrrole nitrogens is 1. The summed E-state index contributed by atoms with van der Waals surface area (Å²) in [5, 5.41) is 9.36. The van der Waals surface area contributed by atoms with Crippen molar-refractivity contribution in [1.29, 1.82) is 0 Å². The standard InChI is InChI=1S/C19H15FN4O3/c1-26-13-5-6-16-15(8-13)23-17(27-16)10-21-19(25)14-9-22-24-18(14)11-3-2-4-12(20)7-11/h2-9H,10H2,1H3,(H,21,25)(H,22,24). The number of ether oxygens (including phenoxy) is 1. The molecule has 0 aliphatic heterocycles. The Hall–Kier alpha value is -3.68. The van der Waals surface area contributed by atoms with E-state index in [4.69, 9.17) is 9.15 Å².